The number of hydrogen-bond acceptors (Lipinski definition) is 3. The fraction of sp³-hybridized carbons (Fsp3) is 0.250. The molecule has 18 heavy (non-hydrogen) atoms. The molecule has 0 fully saturated rings. The monoisotopic (exact) mass is 264 g/mol. The predicted molar refractivity (Wildman–Crippen MR) is 69.9 cm³/mol. The van der Waals surface area contributed by atoms with E-state index >= 15 is 0 Å². The highest BCUT2D eigenvalue weighted by atomic mass is 35.5. The summed E-state index contributed by atoms with van der Waals surface area (Å²) in [7, 11) is 0. The fourth-order valence-electron chi connectivity index (χ4n) is 1.42. The Hall–Kier alpha value is -1.88. The van der Waals surface area contributed by atoms with Crippen LogP contribution in [0.15, 0.2) is 24.5 Å². The van der Waals surface area contributed by atoms with E-state index in [1.165, 1.54) is 12.4 Å². The number of aromatic nitrogens is 3. The van der Waals surface area contributed by atoms with Gasteiger partial charge in [0.1, 0.15) is 0 Å². The molecule has 2 rings (SSSR count). The third-order valence-electron chi connectivity index (χ3n) is 2.47. The van der Waals surface area contributed by atoms with Crippen LogP contribution in [-0.4, -0.2) is 21.1 Å². The minimum atomic E-state index is -0.324. The van der Waals surface area contributed by atoms with Crippen molar-refractivity contribution in [2.24, 2.45) is 0 Å². The van der Waals surface area contributed by atoms with Crippen LogP contribution in [0.1, 0.15) is 35.8 Å². The zero-order chi connectivity index (χ0) is 13.1. The molecule has 2 aromatic rings. The first-order valence-electron chi connectivity index (χ1n) is 5.54. The van der Waals surface area contributed by atoms with E-state index in [2.05, 4.69) is 20.5 Å². The van der Waals surface area contributed by atoms with E-state index < -0.39 is 0 Å². The van der Waals surface area contributed by atoms with Gasteiger partial charge >= 0.3 is 0 Å². The summed E-state index contributed by atoms with van der Waals surface area (Å²) in [5, 5.41) is 9.91. The maximum atomic E-state index is 11.9. The largest absolute Gasteiger partial charge is 0.305 e. The quantitative estimate of drug-likeness (QED) is 0.895. The highest BCUT2D eigenvalue weighted by Gasteiger charge is 2.12. The molecule has 0 saturated heterocycles. The smallest absolute Gasteiger partial charge is 0.259 e. The van der Waals surface area contributed by atoms with Crippen LogP contribution in [-0.2, 0) is 0 Å². The van der Waals surface area contributed by atoms with Gasteiger partial charge < -0.3 is 5.32 Å². The van der Waals surface area contributed by atoms with Gasteiger partial charge in [0.2, 0.25) is 0 Å². The van der Waals surface area contributed by atoms with Crippen LogP contribution in [0.5, 0.6) is 0 Å². The molecule has 2 N–H and O–H groups in total. The van der Waals surface area contributed by atoms with Gasteiger partial charge in [-0.3, -0.25) is 14.9 Å². The number of nitrogens with zero attached hydrogens (tertiary/aromatic N) is 2. The standard InChI is InChI=1S/C12H13ClN4O/c1-7(2)10-5-11(17-16-10)15-12(18)8-6-14-4-3-9(8)13/h3-7H,1-2H3,(H2,15,16,17,18). The lowest BCUT2D eigenvalue weighted by atomic mass is 10.1. The van der Waals surface area contributed by atoms with Crippen LogP contribution in [0.2, 0.25) is 5.02 Å². The molecule has 0 spiro atoms. The maximum Gasteiger partial charge on any atom is 0.259 e. The number of hydrogen-bond donors (Lipinski definition) is 2. The van der Waals surface area contributed by atoms with E-state index in [4.69, 9.17) is 11.6 Å². The number of carbonyl (C=O) groups is 1. The lowest BCUT2D eigenvalue weighted by Crippen LogP contribution is -2.13. The Balaban J connectivity index is 2.14. The molecule has 94 valence electrons. The molecular weight excluding hydrogens is 252 g/mol. The molecule has 0 unspecified atom stereocenters. The predicted octanol–water partition coefficient (Wildman–Crippen LogP) is 2.83. The summed E-state index contributed by atoms with van der Waals surface area (Å²) in [5.41, 5.74) is 1.29. The minimum Gasteiger partial charge on any atom is -0.305 e. The van der Waals surface area contributed by atoms with Crippen LogP contribution in [0.4, 0.5) is 5.82 Å². The molecule has 2 heterocycles. The van der Waals surface area contributed by atoms with E-state index in [-0.39, 0.29) is 5.91 Å². The van der Waals surface area contributed by atoms with Gasteiger partial charge in [-0.05, 0) is 12.0 Å². The second-order valence-corrected chi connectivity index (χ2v) is 4.58. The van der Waals surface area contributed by atoms with Gasteiger partial charge in [0.25, 0.3) is 5.91 Å². The normalized spacial score (nSPS) is 10.7. The first-order chi connectivity index (χ1) is 8.58. The number of pyridine rings is 1. The average molecular weight is 265 g/mol. The molecule has 0 aliphatic carbocycles. The molecule has 0 aromatic carbocycles. The van der Waals surface area contributed by atoms with Crippen molar-refractivity contribution in [2.75, 3.05) is 5.32 Å². The molecule has 2 aromatic heterocycles. The average Bonchev–Trinajstić information content (AvgIpc) is 2.78. The van der Waals surface area contributed by atoms with Crippen molar-refractivity contribution in [3.63, 3.8) is 0 Å². The highest BCUT2D eigenvalue weighted by molar-refractivity contribution is 6.34. The van der Waals surface area contributed by atoms with E-state index in [1.807, 2.05) is 13.8 Å². The molecule has 0 aliphatic heterocycles. The Bertz CT molecular complexity index is 565. The van der Waals surface area contributed by atoms with Gasteiger partial charge in [0, 0.05) is 24.2 Å². The summed E-state index contributed by atoms with van der Waals surface area (Å²) >= 11 is 5.91. The van der Waals surface area contributed by atoms with Crippen molar-refractivity contribution >= 4 is 23.3 Å². The first kappa shape index (κ1) is 12.6. The van der Waals surface area contributed by atoms with Crippen molar-refractivity contribution in [2.45, 2.75) is 19.8 Å². The molecular formula is C12H13ClN4O. The van der Waals surface area contributed by atoms with Crippen LogP contribution < -0.4 is 5.32 Å². The Morgan fingerprint density at radius 3 is 2.89 bits per heavy atom. The summed E-state index contributed by atoms with van der Waals surface area (Å²) in [6.07, 6.45) is 2.96. The van der Waals surface area contributed by atoms with E-state index in [0.717, 1.165) is 5.69 Å². The SMILES string of the molecule is CC(C)c1cc(NC(=O)c2cnccc2Cl)n[nH]1. The van der Waals surface area contributed by atoms with E-state index in [1.54, 1.807) is 12.1 Å². The van der Waals surface area contributed by atoms with Crippen molar-refractivity contribution < 1.29 is 4.79 Å². The molecule has 6 heteroatoms. The summed E-state index contributed by atoms with van der Waals surface area (Å²) in [4.78, 5) is 15.8. The summed E-state index contributed by atoms with van der Waals surface area (Å²) in [6.45, 7) is 4.08. The molecule has 1 amide bonds. The number of carbonyl (C=O) groups excluding carboxylic acids is 1. The van der Waals surface area contributed by atoms with Crippen molar-refractivity contribution in [3.05, 3.63) is 40.8 Å². The topological polar surface area (TPSA) is 70.7 Å². The number of aromatic amines is 1. The van der Waals surface area contributed by atoms with E-state index in [0.29, 0.717) is 22.3 Å². The Morgan fingerprint density at radius 2 is 2.28 bits per heavy atom. The van der Waals surface area contributed by atoms with Gasteiger partial charge in [0.05, 0.1) is 10.6 Å². The van der Waals surface area contributed by atoms with Crippen molar-refractivity contribution in [1.82, 2.24) is 15.2 Å². The molecule has 0 atom stereocenters. The van der Waals surface area contributed by atoms with Crippen LogP contribution in [0.25, 0.3) is 0 Å². The Kier molecular flexibility index (Phi) is 3.62. The summed E-state index contributed by atoms with van der Waals surface area (Å²) in [5.74, 6) is 0.476. The molecule has 0 saturated carbocycles. The number of halogens is 1. The Labute approximate surface area is 110 Å². The summed E-state index contributed by atoms with van der Waals surface area (Å²) in [6, 6.07) is 3.37. The number of amides is 1. The van der Waals surface area contributed by atoms with Crippen LogP contribution in [0, 0.1) is 0 Å². The lowest BCUT2D eigenvalue weighted by molar-refractivity contribution is 0.102. The molecule has 0 aliphatic rings. The second kappa shape index (κ2) is 5.18. The van der Waals surface area contributed by atoms with E-state index in [9.17, 15) is 4.79 Å². The van der Waals surface area contributed by atoms with Gasteiger partial charge in [-0.25, -0.2) is 0 Å². The van der Waals surface area contributed by atoms with Crippen molar-refractivity contribution in [3.8, 4) is 0 Å². The van der Waals surface area contributed by atoms with Crippen molar-refractivity contribution in [1.29, 1.82) is 0 Å². The van der Waals surface area contributed by atoms with Crippen LogP contribution >= 0.6 is 11.6 Å². The van der Waals surface area contributed by atoms with Gasteiger partial charge in [-0.2, -0.15) is 5.10 Å². The minimum absolute atomic E-state index is 0.324. The fourth-order valence-corrected chi connectivity index (χ4v) is 1.62. The second-order valence-electron chi connectivity index (χ2n) is 4.17. The zero-order valence-electron chi connectivity index (χ0n) is 10.1. The maximum absolute atomic E-state index is 11.9. The van der Waals surface area contributed by atoms with Crippen LogP contribution in [0.3, 0.4) is 0 Å². The first-order valence-corrected chi connectivity index (χ1v) is 5.92. The van der Waals surface area contributed by atoms with Gasteiger partial charge in [0.15, 0.2) is 5.82 Å². The zero-order valence-corrected chi connectivity index (χ0v) is 10.8. The third kappa shape index (κ3) is 2.68. The number of H-pyrrole nitrogens is 1. The van der Waals surface area contributed by atoms with Gasteiger partial charge in [-0.1, -0.05) is 25.4 Å². The molecule has 5 nitrogen and oxygen atoms in total. The lowest BCUT2D eigenvalue weighted by Gasteiger charge is -2.02. The number of anilines is 1. The molecule has 0 radical (unpaired) electrons. The number of nitrogens with one attached hydrogen (secondary N) is 2. The highest BCUT2D eigenvalue weighted by Crippen LogP contribution is 2.17. The molecule has 0 bridgehead atoms. The number of rotatable bonds is 3. The van der Waals surface area contributed by atoms with Gasteiger partial charge in [-0.15, -0.1) is 0 Å². The summed E-state index contributed by atoms with van der Waals surface area (Å²) < 4.78 is 0. The third-order valence-corrected chi connectivity index (χ3v) is 2.80. The Morgan fingerprint density at radius 1 is 1.50 bits per heavy atom.